The second-order valence-corrected chi connectivity index (χ2v) is 11.3. The topological polar surface area (TPSA) is 99.7 Å². The molecule has 0 saturated carbocycles. The highest BCUT2D eigenvalue weighted by atomic mass is 32.2. The Bertz CT molecular complexity index is 976. The molecule has 2 heterocycles. The summed E-state index contributed by atoms with van der Waals surface area (Å²) in [7, 11) is -0.768. The van der Waals surface area contributed by atoms with E-state index in [4.69, 9.17) is 9.47 Å². The third-order valence-corrected chi connectivity index (χ3v) is 7.72. The van der Waals surface area contributed by atoms with Crippen molar-refractivity contribution in [3.05, 3.63) is 23.8 Å². The van der Waals surface area contributed by atoms with Gasteiger partial charge in [-0.1, -0.05) is 13.8 Å². The van der Waals surface area contributed by atoms with E-state index < -0.39 is 10.0 Å². The smallest absolute Gasteiger partial charge is 0.409 e. The molecule has 0 radical (unpaired) electrons. The number of anilines is 1. The number of carbonyl (C=O) groups is 2. The molecule has 0 spiro atoms. The minimum Gasteiger partial charge on any atom is -0.449 e. The van der Waals surface area contributed by atoms with Crippen molar-refractivity contribution in [3.8, 4) is 0 Å². The molecule has 0 unspecified atom stereocenters. The predicted octanol–water partition coefficient (Wildman–Crippen LogP) is 1.71. The Kier molecular flexibility index (Phi) is 8.78. The summed E-state index contributed by atoms with van der Waals surface area (Å²) in [5, 5.41) is 0. The number of nitrogens with zero attached hydrogens (tertiary/aromatic N) is 4. The lowest BCUT2D eigenvalue weighted by atomic mass is 10.1. The van der Waals surface area contributed by atoms with E-state index >= 15 is 0 Å². The Balaban J connectivity index is 1.84. The van der Waals surface area contributed by atoms with Crippen molar-refractivity contribution < 1.29 is 27.5 Å². The van der Waals surface area contributed by atoms with Gasteiger partial charge >= 0.3 is 6.09 Å². The summed E-state index contributed by atoms with van der Waals surface area (Å²) < 4.78 is 37.5. The largest absolute Gasteiger partial charge is 0.449 e. The summed E-state index contributed by atoms with van der Waals surface area (Å²) in [4.78, 5) is 31.5. The van der Waals surface area contributed by atoms with Crippen molar-refractivity contribution in [1.82, 2.24) is 14.1 Å². The summed E-state index contributed by atoms with van der Waals surface area (Å²) in [6, 6.07) is 4.73. The molecule has 0 aromatic heterocycles. The van der Waals surface area contributed by atoms with Crippen molar-refractivity contribution in [1.29, 1.82) is 0 Å². The zero-order valence-corrected chi connectivity index (χ0v) is 21.3. The van der Waals surface area contributed by atoms with Crippen LogP contribution >= 0.6 is 0 Å². The first-order valence-electron chi connectivity index (χ1n) is 11.7. The molecule has 11 heteroatoms. The van der Waals surface area contributed by atoms with Crippen molar-refractivity contribution in [2.24, 2.45) is 5.92 Å². The number of morpholine rings is 1. The number of carbonyl (C=O) groups excluding carboxylic acids is 2. The highest BCUT2D eigenvalue weighted by Gasteiger charge is 2.29. The molecule has 34 heavy (non-hydrogen) atoms. The normalized spacial score (nSPS) is 17.8. The molecule has 0 bridgehead atoms. The van der Waals surface area contributed by atoms with Gasteiger partial charge in [0.1, 0.15) is 0 Å². The summed E-state index contributed by atoms with van der Waals surface area (Å²) in [6.07, 6.45) is 0.251. The highest BCUT2D eigenvalue weighted by Crippen LogP contribution is 2.28. The van der Waals surface area contributed by atoms with E-state index in [1.54, 1.807) is 21.9 Å². The van der Waals surface area contributed by atoms with Gasteiger partial charge in [0, 0.05) is 59.1 Å². The maximum atomic E-state index is 13.7. The fraction of sp³-hybridized carbons (Fsp3) is 0.652. The second-order valence-electron chi connectivity index (χ2n) is 9.17. The van der Waals surface area contributed by atoms with Gasteiger partial charge in [0.05, 0.1) is 30.3 Å². The van der Waals surface area contributed by atoms with Crippen LogP contribution in [0.4, 0.5) is 10.5 Å². The Morgan fingerprint density at radius 3 is 2.32 bits per heavy atom. The van der Waals surface area contributed by atoms with Crippen LogP contribution in [0, 0.1) is 5.92 Å². The van der Waals surface area contributed by atoms with Crippen LogP contribution in [0.3, 0.4) is 0 Å². The van der Waals surface area contributed by atoms with Crippen LogP contribution < -0.4 is 4.90 Å². The van der Waals surface area contributed by atoms with E-state index in [-0.39, 0.29) is 22.8 Å². The van der Waals surface area contributed by atoms with E-state index in [1.807, 2.05) is 13.8 Å². The van der Waals surface area contributed by atoms with E-state index in [1.165, 1.54) is 20.2 Å². The Hall–Kier alpha value is -2.37. The molecule has 2 aliphatic rings. The standard InChI is InChI=1S/C23H36N4O6S/c1-18(2)17-33-23(29)27-9-5-8-26(10-11-27)22(28)20-16-19(34(30,31)24(3)4)6-7-21(20)25-12-14-32-15-13-25/h6-7,16,18H,5,8-15,17H2,1-4H3. The van der Waals surface area contributed by atoms with Crippen LogP contribution in [0.1, 0.15) is 30.6 Å². The first kappa shape index (κ1) is 26.2. The molecule has 0 atom stereocenters. The maximum Gasteiger partial charge on any atom is 0.409 e. The fourth-order valence-electron chi connectivity index (χ4n) is 3.94. The molecule has 1 aromatic carbocycles. The number of amides is 2. The number of hydrogen-bond acceptors (Lipinski definition) is 7. The van der Waals surface area contributed by atoms with Gasteiger partial charge in [-0.3, -0.25) is 4.79 Å². The van der Waals surface area contributed by atoms with Gasteiger partial charge in [0.2, 0.25) is 10.0 Å². The van der Waals surface area contributed by atoms with Crippen LogP contribution in [0.2, 0.25) is 0 Å². The molecule has 0 N–H and O–H groups in total. The van der Waals surface area contributed by atoms with Gasteiger partial charge in [0.15, 0.2) is 0 Å². The summed E-state index contributed by atoms with van der Waals surface area (Å²) in [5.74, 6) is 0.00743. The SMILES string of the molecule is CC(C)COC(=O)N1CCCN(C(=O)c2cc(S(=O)(=O)N(C)C)ccc2N2CCOCC2)CC1. The number of benzene rings is 1. The number of sulfonamides is 1. The second kappa shape index (κ2) is 11.4. The van der Waals surface area contributed by atoms with Gasteiger partial charge in [-0.2, -0.15) is 0 Å². The Morgan fingerprint density at radius 2 is 1.68 bits per heavy atom. The molecule has 3 rings (SSSR count). The third kappa shape index (κ3) is 6.19. The van der Waals surface area contributed by atoms with Crippen LogP contribution in [-0.4, -0.2) is 108 Å². The monoisotopic (exact) mass is 496 g/mol. The van der Waals surface area contributed by atoms with Gasteiger partial charge < -0.3 is 24.2 Å². The van der Waals surface area contributed by atoms with Gasteiger partial charge in [-0.05, 0) is 30.5 Å². The lowest BCUT2D eigenvalue weighted by Crippen LogP contribution is -2.40. The first-order valence-corrected chi connectivity index (χ1v) is 13.2. The summed E-state index contributed by atoms with van der Waals surface area (Å²) >= 11 is 0. The predicted molar refractivity (Wildman–Crippen MR) is 129 cm³/mol. The molecular weight excluding hydrogens is 460 g/mol. The molecule has 1 aromatic rings. The molecule has 2 amide bonds. The third-order valence-electron chi connectivity index (χ3n) is 5.91. The summed E-state index contributed by atoms with van der Waals surface area (Å²) in [5.41, 5.74) is 1.05. The molecule has 0 aliphatic carbocycles. The molecule has 190 valence electrons. The lowest BCUT2D eigenvalue weighted by Gasteiger charge is -2.32. The molecular formula is C23H36N4O6S. The van der Waals surface area contributed by atoms with Gasteiger partial charge in [-0.15, -0.1) is 0 Å². The molecule has 10 nitrogen and oxygen atoms in total. The Labute approximate surface area is 202 Å². The molecule has 2 aliphatic heterocycles. The van der Waals surface area contributed by atoms with Crippen molar-refractivity contribution in [2.75, 3.05) is 78.1 Å². The van der Waals surface area contributed by atoms with Crippen LogP contribution in [0.25, 0.3) is 0 Å². The highest BCUT2D eigenvalue weighted by molar-refractivity contribution is 7.89. The first-order chi connectivity index (χ1) is 16.1. The minimum absolute atomic E-state index is 0.0755. The average Bonchev–Trinajstić information content (AvgIpc) is 3.08. The van der Waals surface area contributed by atoms with Crippen molar-refractivity contribution >= 4 is 27.7 Å². The number of ether oxygens (including phenoxy) is 2. The minimum atomic E-state index is -3.70. The number of rotatable bonds is 6. The van der Waals surface area contributed by atoms with Gasteiger partial charge in [-0.25, -0.2) is 17.5 Å². The van der Waals surface area contributed by atoms with E-state index in [0.717, 1.165) is 4.31 Å². The zero-order valence-electron chi connectivity index (χ0n) is 20.5. The molecule has 2 fully saturated rings. The van der Waals surface area contributed by atoms with Crippen molar-refractivity contribution in [2.45, 2.75) is 25.2 Å². The Morgan fingerprint density at radius 1 is 1.03 bits per heavy atom. The van der Waals surface area contributed by atoms with Gasteiger partial charge in [0.25, 0.3) is 5.91 Å². The van der Waals surface area contributed by atoms with Crippen LogP contribution in [-0.2, 0) is 19.5 Å². The van der Waals surface area contributed by atoms with Crippen LogP contribution in [0.15, 0.2) is 23.1 Å². The fourth-order valence-corrected chi connectivity index (χ4v) is 4.87. The van der Waals surface area contributed by atoms with Crippen molar-refractivity contribution in [3.63, 3.8) is 0 Å². The lowest BCUT2D eigenvalue weighted by molar-refractivity contribution is 0.0745. The average molecular weight is 497 g/mol. The van der Waals surface area contributed by atoms with E-state index in [2.05, 4.69) is 4.90 Å². The van der Waals surface area contributed by atoms with E-state index in [9.17, 15) is 18.0 Å². The van der Waals surface area contributed by atoms with E-state index in [0.29, 0.717) is 76.8 Å². The summed E-state index contributed by atoms with van der Waals surface area (Å²) in [6.45, 7) is 8.34. The number of hydrogen-bond donors (Lipinski definition) is 0. The quantitative estimate of drug-likeness (QED) is 0.591. The maximum absolute atomic E-state index is 13.7. The molecule has 2 saturated heterocycles. The zero-order chi connectivity index (χ0) is 24.9. The van der Waals surface area contributed by atoms with Crippen LogP contribution in [0.5, 0.6) is 0 Å².